The zero-order valence-corrected chi connectivity index (χ0v) is 17.3. The van der Waals surface area contributed by atoms with Crippen LogP contribution < -0.4 is 0 Å². The zero-order valence-electron chi connectivity index (χ0n) is 17.3. The van der Waals surface area contributed by atoms with Gasteiger partial charge >= 0.3 is 0 Å². The molecule has 0 bridgehead atoms. The van der Waals surface area contributed by atoms with Gasteiger partial charge in [0.1, 0.15) is 5.69 Å². The average molecular weight is 380 g/mol. The molecule has 148 valence electrons. The van der Waals surface area contributed by atoms with Crippen LogP contribution in [0.1, 0.15) is 64.0 Å². The lowest BCUT2D eigenvalue weighted by Crippen LogP contribution is -2.10. The van der Waals surface area contributed by atoms with E-state index in [4.69, 9.17) is 0 Å². The minimum Gasteiger partial charge on any atom is -0.274 e. The SMILES string of the molecule is Cn1cc(C#CC(C)(C)C)c(-c2cc([N+](=O)[O-])ccc2CC2CCCCC2)n1. The molecule has 1 aromatic heterocycles. The van der Waals surface area contributed by atoms with Crippen molar-refractivity contribution in [2.45, 2.75) is 59.3 Å². The molecule has 0 N–H and O–H groups in total. The van der Waals surface area contributed by atoms with Crippen LogP contribution in [0.25, 0.3) is 11.3 Å². The van der Waals surface area contributed by atoms with E-state index in [0.717, 1.165) is 28.8 Å². The fourth-order valence-corrected chi connectivity index (χ4v) is 3.81. The minimum atomic E-state index is -0.336. The lowest BCUT2D eigenvalue weighted by molar-refractivity contribution is -0.384. The minimum absolute atomic E-state index is 0.0998. The van der Waals surface area contributed by atoms with Crippen LogP contribution in [-0.2, 0) is 13.5 Å². The predicted molar refractivity (Wildman–Crippen MR) is 112 cm³/mol. The highest BCUT2D eigenvalue weighted by atomic mass is 16.6. The van der Waals surface area contributed by atoms with Gasteiger partial charge in [-0.05, 0) is 38.7 Å². The van der Waals surface area contributed by atoms with E-state index in [-0.39, 0.29) is 16.0 Å². The van der Waals surface area contributed by atoms with E-state index in [1.54, 1.807) is 16.8 Å². The molecule has 1 fully saturated rings. The number of aryl methyl sites for hydroxylation is 1. The zero-order chi connectivity index (χ0) is 20.3. The Kier molecular flexibility index (Phi) is 5.88. The van der Waals surface area contributed by atoms with Crippen molar-refractivity contribution >= 4 is 5.69 Å². The Labute approximate surface area is 167 Å². The van der Waals surface area contributed by atoms with Crippen molar-refractivity contribution in [3.05, 3.63) is 45.6 Å². The Hall–Kier alpha value is -2.61. The number of nitro groups is 1. The van der Waals surface area contributed by atoms with Gasteiger partial charge in [-0.2, -0.15) is 5.10 Å². The maximum Gasteiger partial charge on any atom is 0.270 e. The van der Waals surface area contributed by atoms with E-state index >= 15 is 0 Å². The number of nitro benzene ring substituents is 1. The van der Waals surface area contributed by atoms with Crippen LogP contribution >= 0.6 is 0 Å². The Morgan fingerprint density at radius 1 is 1.25 bits per heavy atom. The fourth-order valence-electron chi connectivity index (χ4n) is 3.81. The van der Waals surface area contributed by atoms with Crippen molar-refractivity contribution in [1.29, 1.82) is 0 Å². The summed E-state index contributed by atoms with van der Waals surface area (Å²) in [7, 11) is 1.87. The van der Waals surface area contributed by atoms with Gasteiger partial charge in [-0.1, -0.05) is 50.0 Å². The van der Waals surface area contributed by atoms with Gasteiger partial charge in [-0.3, -0.25) is 14.8 Å². The standard InChI is InChI=1S/C23H29N3O2/c1-23(2,3)13-12-19-16-25(4)24-22(19)21-15-20(26(27)28)11-10-18(21)14-17-8-6-5-7-9-17/h10-11,15-17H,5-9,14H2,1-4H3. The smallest absolute Gasteiger partial charge is 0.270 e. The van der Waals surface area contributed by atoms with Gasteiger partial charge in [0.2, 0.25) is 0 Å². The summed E-state index contributed by atoms with van der Waals surface area (Å²) in [6.07, 6.45) is 9.17. The summed E-state index contributed by atoms with van der Waals surface area (Å²) >= 11 is 0. The largest absolute Gasteiger partial charge is 0.274 e. The van der Waals surface area contributed by atoms with Gasteiger partial charge in [0.05, 0.1) is 10.5 Å². The first-order valence-corrected chi connectivity index (χ1v) is 10.1. The van der Waals surface area contributed by atoms with Crippen molar-refractivity contribution in [2.24, 2.45) is 18.4 Å². The number of hydrogen-bond acceptors (Lipinski definition) is 3. The van der Waals surface area contributed by atoms with Gasteiger partial charge in [-0.25, -0.2) is 0 Å². The molecule has 0 radical (unpaired) electrons. The summed E-state index contributed by atoms with van der Waals surface area (Å²) in [5.74, 6) is 7.15. The van der Waals surface area contributed by atoms with Crippen LogP contribution in [0, 0.1) is 33.3 Å². The second kappa shape index (κ2) is 8.18. The fraction of sp³-hybridized carbons (Fsp3) is 0.522. The van der Waals surface area contributed by atoms with Crippen LogP contribution in [0.3, 0.4) is 0 Å². The quantitative estimate of drug-likeness (QED) is 0.399. The Morgan fingerprint density at radius 2 is 1.96 bits per heavy atom. The molecule has 0 amide bonds. The highest BCUT2D eigenvalue weighted by molar-refractivity contribution is 5.72. The molecule has 3 rings (SSSR count). The first-order valence-electron chi connectivity index (χ1n) is 10.1. The molecular formula is C23H29N3O2. The first-order chi connectivity index (χ1) is 13.2. The topological polar surface area (TPSA) is 61.0 Å². The molecule has 1 aliphatic rings. The lowest BCUT2D eigenvalue weighted by Gasteiger charge is -2.22. The first kappa shape index (κ1) is 20.1. The molecule has 28 heavy (non-hydrogen) atoms. The molecule has 0 aliphatic heterocycles. The van der Waals surface area contributed by atoms with E-state index in [1.807, 2.05) is 19.3 Å². The molecular weight excluding hydrogens is 350 g/mol. The van der Waals surface area contributed by atoms with Crippen LogP contribution in [0.2, 0.25) is 0 Å². The normalized spacial score (nSPS) is 15.1. The van der Waals surface area contributed by atoms with E-state index in [2.05, 4.69) is 37.7 Å². The van der Waals surface area contributed by atoms with Crippen molar-refractivity contribution in [2.75, 3.05) is 0 Å². The molecule has 1 aromatic carbocycles. The Morgan fingerprint density at radius 3 is 2.61 bits per heavy atom. The van der Waals surface area contributed by atoms with Gasteiger partial charge in [-0.15, -0.1) is 0 Å². The molecule has 1 aliphatic carbocycles. The molecule has 1 heterocycles. The maximum atomic E-state index is 11.4. The molecule has 0 atom stereocenters. The number of nitrogens with zero attached hydrogens (tertiary/aromatic N) is 3. The molecule has 0 unspecified atom stereocenters. The summed E-state index contributed by atoms with van der Waals surface area (Å²) in [6, 6.07) is 5.20. The van der Waals surface area contributed by atoms with Crippen molar-refractivity contribution in [3.8, 4) is 23.1 Å². The van der Waals surface area contributed by atoms with Crippen molar-refractivity contribution in [3.63, 3.8) is 0 Å². The molecule has 0 saturated heterocycles. The van der Waals surface area contributed by atoms with Crippen LogP contribution in [0.15, 0.2) is 24.4 Å². The highest BCUT2D eigenvalue weighted by Gasteiger charge is 2.21. The number of non-ortho nitro benzene ring substituents is 1. The van der Waals surface area contributed by atoms with Crippen LogP contribution in [-0.4, -0.2) is 14.7 Å². The van der Waals surface area contributed by atoms with Crippen molar-refractivity contribution < 1.29 is 4.92 Å². The van der Waals surface area contributed by atoms with Crippen LogP contribution in [0.5, 0.6) is 0 Å². The monoisotopic (exact) mass is 379 g/mol. The average Bonchev–Trinajstić information content (AvgIpc) is 3.01. The van der Waals surface area contributed by atoms with Gasteiger partial charge < -0.3 is 0 Å². The summed E-state index contributed by atoms with van der Waals surface area (Å²) in [4.78, 5) is 11.0. The second-order valence-corrected chi connectivity index (χ2v) is 8.87. The summed E-state index contributed by atoms with van der Waals surface area (Å²) in [5.41, 5.74) is 3.52. The van der Waals surface area contributed by atoms with Gasteiger partial charge in [0.15, 0.2) is 0 Å². The van der Waals surface area contributed by atoms with E-state index in [9.17, 15) is 10.1 Å². The Balaban J connectivity index is 2.07. The van der Waals surface area contributed by atoms with Gasteiger partial charge in [0, 0.05) is 36.4 Å². The number of aromatic nitrogens is 2. The van der Waals surface area contributed by atoms with Crippen LogP contribution in [0.4, 0.5) is 5.69 Å². The number of benzene rings is 1. The predicted octanol–water partition coefficient (Wildman–Crippen LogP) is 5.52. The number of hydrogen-bond donors (Lipinski definition) is 0. The molecule has 2 aromatic rings. The third kappa shape index (κ3) is 5.01. The molecule has 5 nitrogen and oxygen atoms in total. The molecule has 5 heteroatoms. The summed E-state index contributed by atoms with van der Waals surface area (Å²) in [6.45, 7) is 6.20. The summed E-state index contributed by atoms with van der Waals surface area (Å²) < 4.78 is 1.74. The highest BCUT2D eigenvalue weighted by Crippen LogP contribution is 2.34. The molecule has 1 saturated carbocycles. The van der Waals surface area contributed by atoms with E-state index in [1.165, 1.54) is 32.1 Å². The number of rotatable bonds is 4. The van der Waals surface area contributed by atoms with E-state index < -0.39 is 0 Å². The lowest BCUT2D eigenvalue weighted by atomic mass is 9.83. The maximum absolute atomic E-state index is 11.4. The third-order valence-electron chi connectivity index (χ3n) is 5.19. The van der Waals surface area contributed by atoms with E-state index in [0.29, 0.717) is 5.92 Å². The Bertz CT molecular complexity index is 920. The summed E-state index contributed by atoms with van der Waals surface area (Å²) in [5, 5.41) is 16.0. The molecule has 0 spiro atoms. The van der Waals surface area contributed by atoms with Gasteiger partial charge in [0.25, 0.3) is 5.69 Å². The third-order valence-corrected chi connectivity index (χ3v) is 5.19. The van der Waals surface area contributed by atoms with Crippen molar-refractivity contribution in [1.82, 2.24) is 9.78 Å². The second-order valence-electron chi connectivity index (χ2n) is 8.87.